The van der Waals surface area contributed by atoms with Gasteiger partial charge in [0.2, 0.25) is 0 Å². The van der Waals surface area contributed by atoms with E-state index in [9.17, 15) is 4.79 Å². The number of amides is 1. The summed E-state index contributed by atoms with van der Waals surface area (Å²) >= 11 is 1.40. The van der Waals surface area contributed by atoms with Gasteiger partial charge in [0.05, 0.1) is 19.8 Å². The van der Waals surface area contributed by atoms with Gasteiger partial charge in [-0.25, -0.2) is 0 Å². The topological polar surface area (TPSA) is 64.8 Å². The van der Waals surface area contributed by atoms with Gasteiger partial charge in [0, 0.05) is 19.6 Å². The minimum Gasteiger partial charge on any atom is -0.495 e. The number of carbonyl (C=O) groups is 1. The number of rotatable bonds is 3. The van der Waals surface area contributed by atoms with E-state index in [4.69, 9.17) is 15.2 Å². The Kier molecular flexibility index (Phi) is 5.87. The molecule has 2 heterocycles. The number of morpholine rings is 1. The van der Waals surface area contributed by atoms with Crippen molar-refractivity contribution in [3.05, 3.63) is 16.3 Å². The molecule has 1 fully saturated rings. The van der Waals surface area contributed by atoms with E-state index < -0.39 is 0 Å². The zero-order chi connectivity index (χ0) is 12.3. The second-order valence-corrected chi connectivity index (χ2v) is 4.71. The Labute approximate surface area is 116 Å². The summed E-state index contributed by atoms with van der Waals surface area (Å²) < 4.78 is 10.6. The van der Waals surface area contributed by atoms with E-state index in [-0.39, 0.29) is 24.4 Å². The lowest BCUT2D eigenvalue weighted by Crippen LogP contribution is -2.48. The first-order valence-corrected chi connectivity index (χ1v) is 6.36. The molecule has 0 aromatic carbocycles. The van der Waals surface area contributed by atoms with Gasteiger partial charge in [0.15, 0.2) is 0 Å². The van der Waals surface area contributed by atoms with E-state index in [1.807, 2.05) is 5.38 Å². The molecule has 1 atom stereocenters. The Morgan fingerprint density at radius 1 is 1.72 bits per heavy atom. The van der Waals surface area contributed by atoms with Gasteiger partial charge in [0.25, 0.3) is 5.91 Å². The average Bonchev–Trinajstić information content (AvgIpc) is 2.86. The van der Waals surface area contributed by atoms with E-state index in [2.05, 4.69) is 0 Å². The molecule has 0 radical (unpaired) electrons. The van der Waals surface area contributed by atoms with Gasteiger partial charge in [-0.1, -0.05) is 0 Å². The van der Waals surface area contributed by atoms with Crippen LogP contribution in [0.1, 0.15) is 9.67 Å². The van der Waals surface area contributed by atoms with Crippen molar-refractivity contribution in [1.29, 1.82) is 0 Å². The Hall–Kier alpha value is -0.820. The van der Waals surface area contributed by atoms with Crippen LogP contribution in [0.4, 0.5) is 0 Å². The number of thiophene rings is 1. The van der Waals surface area contributed by atoms with Gasteiger partial charge in [-0.2, -0.15) is 0 Å². The standard InChI is InChI=1S/C11H16N2O3S.ClH/c1-15-9-2-5-17-10(9)11(14)13-3-4-16-8(6-12)7-13;/h2,5,8H,3-4,6-7,12H2,1H3;1H. The van der Waals surface area contributed by atoms with Crippen LogP contribution in [0.2, 0.25) is 0 Å². The van der Waals surface area contributed by atoms with Crippen LogP contribution in [0.3, 0.4) is 0 Å². The molecule has 1 saturated heterocycles. The van der Waals surface area contributed by atoms with E-state index in [1.54, 1.807) is 18.1 Å². The highest BCUT2D eigenvalue weighted by atomic mass is 35.5. The first-order valence-electron chi connectivity index (χ1n) is 5.48. The maximum absolute atomic E-state index is 12.3. The number of hydrogen-bond acceptors (Lipinski definition) is 5. The molecule has 102 valence electrons. The maximum Gasteiger partial charge on any atom is 0.267 e. The molecule has 18 heavy (non-hydrogen) atoms. The van der Waals surface area contributed by atoms with Crippen LogP contribution in [-0.4, -0.2) is 50.3 Å². The predicted molar refractivity (Wildman–Crippen MR) is 72.8 cm³/mol. The summed E-state index contributed by atoms with van der Waals surface area (Å²) in [5, 5.41) is 1.85. The number of hydrogen-bond donors (Lipinski definition) is 1. The normalized spacial score (nSPS) is 19.2. The summed E-state index contributed by atoms with van der Waals surface area (Å²) in [6.07, 6.45) is -0.0568. The van der Waals surface area contributed by atoms with E-state index >= 15 is 0 Å². The van der Waals surface area contributed by atoms with Crippen molar-refractivity contribution < 1.29 is 14.3 Å². The summed E-state index contributed by atoms with van der Waals surface area (Å²) in [5.74, 6) is 0.634. The fourth-order valence-corrected chi connectivity index (χ4v) is 2.63. The molecule has 1 aromatic heterocycles. The van der Waals surface area contributed by atoms with Crippen LogP contribution in [0.25, 0.3) is 0 Å². The number of methoxy groups -OCH3 is 1. The number of halogens is 1. The van der Waals surface area contributed by atoms with Crippen LogP contribution in [0.5, 0.6) is 5.75 Å². The molecule has 1 unspecified atom stereocenters. The van der Waals surface area contributed by atoms with Crippen LogP contribution in [0, 0.1) is 0 Å². The van der Waals surface area contributed by atoms with Crippen LogP contribution >= 0.6 is 23.7 Å². The van der Waals surface area contributed by atoms with Crippen molar-refractivity contribution in [2.45, 2.75) is 6.10 Å². The van der Waals surface area contributed by atoms with Crippen LogP contribution in [0.15, 0.2) is 11.4 Å². The third kappa shape index (κ3) is 3.14. The lowest BCUT2D eigenvalue weighted by Gasteiger charge is -2.32. The van der Waals surface area contributed by atoms with Crippen LogP contribution in [-0.2, 0) is 4.74 Å². The highest BCUT2D eigenvalue weighted by Gasteiger charge is 2.26. The van der Waals surface area contributed by atoms with E-state index in [0.717, 1.165) is 0 Å². The third-order valence-corrected chi connectivity index (χ3v) is 3.62. The van der Waals surface area contributed by atoms with Crippen molar-refractivity contribution in [1.82, 2.24) is 4.90 Å². The summed E-state index contributed by atoms with van der Waals surface area (Å²) in [4.78, 5) is 14.7. The number of nitrogens with two attached hydrogens (primary N) is 1. The van der Waals surface area contributed by atoms with Crippen molar-refractivity contribution in [2.24, 2.45) is 5.73 Å². The van der Waals surface area contributed by atoms with Gasteiger partial charge < -0.3 is 20.1 Å². The second-order valence-electron chi connectivity index (χ2n) is 3.80. The molecule has 1 amide bonds. The Balaban J connectivity index is 0.00000162. The molecule has 7 heteroatoms. The molecular formula is C11H17ClN2O3S. The summed E-state index contributed by atoms with van der Waals surface area (Å²) in [5.41, 5.74) is 5.56. The SMILES string of the molecule is COc1ccsc1C(=O)N1CCOC(CN)C1.Cl. The quantitative estimate of drug-likeness (QED) is 0.902. The second kappa shape index (κ2) is 6.94. The van der Waals surface area contributed by atoms with Crippen molar-refractivity contribution >= 4 is 29.7 Å². The van der Waals surface area contributed by atoms with Gasteiger partial charge in [0.1, 0.15) is 10.6 Å². The Morgan fingerprint density at radius 2 is 2.50 bits per heavy atom. The number of carbonyl (C=O) groups excluding carboxylic acids is 1. The van der Waals surface area contributed by atoms with Crippen molar-refractivity contribution in [3.8, 4) is 5.75 Å². The summed E-state index contributed by atoms with van der Waals surface area (Å²) in [6, 6.07) is 1.80. The lowest BCUT2D eigenvalue weighted by molar-refractivity contribution is -0.0166. The first-order chi connectivity index (χ1) is 8.26. The van der Waals surface area contributed by atoms with Crippen molar-refractivity contribution in [2.75, 3.05) is 33.4 Å². The molecule has 1 aromatic rings. The van der Waals surface area contributed by atoms with Gasteiger partial charge in [-0.05, 0) is 11.4 Å². The molecule has 0 bridgehead atoms. The molecule has 2 rings (SSSR count). The smallest absolute Gasteiger partial charge is 0.267 e. The lowest BCUT2D eigenvalue weighted by atomic mass is 10.2. The molecular weight excluding hydrogens is 276 g/mol. The highest BCUT2D eigenvalue weighted by Crippen LogP contribution is 2.26. The molecule has 5 nitrogen and oxygen atoms in total. The fourth-order valence-electron chi connectivity index (χ4n) is 1.80. The Bertz CT molecular complexity index is 399. The minimum atomic E-state index is -0.0568. The molecule has 1 aliphatic heterocycles. The number of ether oxygens (including phenoxy) is 2. The van der Waals surface area contributed by atoms with Crippen molar-refractivity contribution in [3.63, 3.8) is 0 Å². The highest BCUT2D eigenvalue weighted by molar-refractivity contribution is 7.12. The molecule has 0 spiro atoms. The van der Waals surface area contributed by atoms with Gasteiger partial charge >= 0.3 is 0 Å². The Morgan fingerprint density at radius 3 is 3.17 bits per heavy atom. The maximum atomic E-state index is 12.3. The van der Waals surface area contributed by atoms with Gasteiger partial charge in [-0.3, -0.25) is 4.79 Å². The molecule has 0 aliphatic carbocycles. The zero-order valence-electron chi connectivity index (χ0n) is 10.1. The largest absolute Gasteiger partial charge is 0.495 e. The van der Waals surface area contributed by atoms with Gasteiger partial charge in [-0.15, -0.1) is 23.7 Å². The monoisotopic (exact) mass is 292 g/mol. The fraction of sp³-hybridized carbons (Fsp3) is 0.545. The zero-order valence-corrected chi connectivity index (χ0v) is 11.8. The molecule has 0 saturated carbocycles. The average molecular weight is 293 g/mol. The van der Waals surface area contributed by atoms with E-state index in [0.29, 0.717) is 36.9 Å². The molecule has 2 N–H and O–H groups in total. The molecule has 1 aliphatic rings. The summed E-state index contributed by atoms with van der Waals surface area (Å²) in [7, 11) is 1.57. The summed E-state index contributed by atoms with van der Waals surface area (Å²) in [6.45, 7) is 2.14. The first kappa shape index (κ1) is 15.2. The minimum absolute atomic E-state index is 0. The third-order valence-electron chi connectivity index (χ3n) is 2.73. The number of nitrogens with zero attached hydrogens (tertiary/aromatic N) is 1. The van der Waals surface area contributed by atoms with Crippen LogP contribution < -0.4 is 10.5 Å². The predicted octanol–water partition coefficient (Wildman–Crippen LogP) is 0.978. The van der Waals surface area contributed by atoms with E-state index in [1.165, 1.54) is 11.3 Å².